The largest absolute Gasteiger partial charge is 0.481 e. The summed E-state index contributed by atoms with van der Waals surface area (Å²) in [6, 6.07) is 3.39. The Morgan fingerprint density at radius 2 is 2.37 bits per heavy atom. The van der Waals surface area contributed by atoms with E-state index in [0.717, 1.165) is 17.3 Å². The van der Waals surface area contributed by atoms with E-state index in [1.165, 1.54) is 6.07 Å². The lowest BCUT2D eigenvalue weighted by Crippen LogP contribution is -2.17. The maximum atomic E-state index is 11.3. The molecule has 2 aromatic rings. The van der Waals surface area contributed by atoms with E-state index < -0.39 is 5.97 Å². The summed E-state index contributed by atoms with van der Waals surface area (Å²) in [6.07, 6.45) is 1.65. The second-order valence-corrected chi connectivity index (χ2v) is 5.59. The van der Waals surface area contributed by atoms with Gasteiger partial charge in [0, 0.05) is 12.3 Å². The number of rotatable bonds is 5. The Morgan fingerprint density at radius 1 is 1.58 bits per heavy atom. The Hall–Kier alpha value is -1.60. The van der Waals surface area contributed by atoms with Crippen molar-refractivity contribution in [2.45, 2.75) is 18.1 Å². The lowest BCUT2D eigenvalue weighted by molar-refractivity contribution is -0.133. The molecule has 0 radical (unpaired) electrons. The van der Waals surface area contributed by atoms with Crippen LogP contribution < -0.4 is 5.56 Å². The van der Waals surface area contributed by atoms with Crippen molar-refractivity contribution in [3.8, 4) is 0 Å². The Morgan fingerprint density at radius 3 is 3.00 bits per heavy atom. The summed E-state index contributed by atoms with van der Waals surface area (Å²) in [5.74, 6) is -1.05. The molecule has 0 aliphatic carbocycles. The van der Waals surface area contributed by atoms with Crippen molar-refractivity contribution < 1.29 is 9.90 Å². The predicted molar refractivity (Wildman–Crippen MR) is 75.0 cm³/mol. The molecule has 0 bridgehead atoms. The van der Waals surface area contributed by atoms with Crippen LogP contribution in [-0.4, -0.2) is 26.4 Å². The lowest BCUT2D eigenvalue weighted by atomic mass is 10.2. The molecule has 7 heteroatoms. The smallest absolute Gasteiger partial charge is 0.313 e. The molecule has 1 atom stereocenters. The van der Waals surface area contributed by atoms with E-state index in [2.05, 4.69) is 4.98 Å². The third-order valence-corrected chi connectivity index (χ3v) is 4.23. The quantitative estimate of drug-likeness (QED) is 0.675. The first kappa shape index (κ1) is 13.8. The van der Waals surface area contributed by atoms with Crippen molar-refractivity contribution in [2.24, 2.45) is 0 Å². The molecule has 0 fully saturated rings. The molecule has 5 nitrogen and oxygen atoms in total. The SMILES string of the molecule is CC(c1ccsc1)n1ccc(=O)nc1SCC(=O)O. The molecule has 1 unspecified atom stereocenters. The minimum atomic E-state index is -0.933. The monoisotopic (exact) mass is 296 g/mol. The first-order valence-electron chi connectivity index (χ1n) is 5.54. The van der Waals surface area contributed by atoms with Gasteiger partial charge in [0.2, 0.25) is 0 Å². The van der Waals surface area contributed by atoms with Crippen LogP contribution in [0, 0.1) is 0 Å². The van der Waals surface area contributed by atoms with Gasteiger partial charge >= 0.3 is 5.97 Å². The molecule has 0 aromatic carbocycles. The predicted octanol–water partition coefficient (Wildman–Crippen LogP) is 2.09. The van der Waals surface area contributed by atoms with Crippen LogP contribution >= 0.6 is 23.1 Å². The molecule has 1 N–H and O–H groups in total. The zero-order valence-corrected chi connectivity index (χ0v) is 11.8. The first-order valence-corrected chi connectivity index (χ1v) is 7.46. The molecule has 2 rings (SSSR count). The third-order valence-electron chi connectivity index (χ3n) is 2.57. The van der Waals surface area contributed by atoms with Crippen molar-refractivity contribution in [3.05, 3.63) is 45.0 Å². The normalized spacial score (nSPS) is 12.3. The number of aromatic nitrogens is 2. The Bertz CT molecular complexity index is 622. The summed E-state index contributed by atoms with van der Waals surface area (Å²) < 4.78 is 1.82. The van der Waals surface area contributed by atoms with Crippen LogP contribution in [0.5, 0.6) is 0 Å². The van der Waals surface area contributed by atoms with Gasteiger partial charge in [-0.15, -0.1) is 0 Å². The molecule has 0 aliphatic heterocycles. The van der Waals surface area contributed by atoms with Crippen LogP contribution in [0.15, 0.2) is 39.0 Å². The van der Waals surface area contributed by atoms with Gasteiger partial charge in [0.1, 0.15) is 0 Å². The Labute approximate surface area is 117 Å². The summed E-state index contributed by atoms with van der Waals surface area (Å²) >= 11 is 2.64. The number of nitrogens with zero attached hydrogens (tertiary/aromatic N) is 2. The highest BCUT2D eigenvalue weighted by atomic mass is 32.2. The fourth-order valence-electron chi connectivity index (χ4n) is 1.60. The molecule has 2 aromatic heterocycles. The fourth-order valence-corrected chi connectivity index (χ4v) is 3.12. The van der Waals surface area contributed by atoms with Crippen LogP contribution in [0.2, 0.25) is 0 Å². The van der Waals surface area contributed by atoms with E-state index in [4.69, 9.17) is 5.11 Å². The van der Waals surface area contributed by atoms with Crippen LogP contribution in [0.3, 0.4) is 0 Å². The molecular weight excluding hydrogens is 284 g/mol. The summed E-state index contributed by atoms with van der Waals surface area (Å²) in [5, 5.41) is 13.1. The number of aliphatic carboxylic acids is 1. The van der Waals surface area contributed by atoms with Gasteiger partial charge in [0.05, 0.1) is 11.8 Å². The van der Waals surface area contributed by atoms with Crippen LogP contribution in [0.4, 0.5) is 0 Å². The van der Waals surface area contributed by atoms with Crippen LogP contribution in [-0.2, 0) is 4.79 Å². The van der Waals surface area contributed by atoms with Gasteiger partial charge in [-0.05, 0) is 29.3 Å². The van der Waals surface area contributed by atoms with Crippen molar-refractivity contribution in [3.63, 3.8) is 0 Å². The van der Waals surface area contributed by atoms with Gasteiger partial charge < -0.3 is 9.67 Å². The molecule has 0 saturated carbocycles. The van der Waals surface area contributed by atoms with E-state index in [-0.39, 0.29) is 17.4 Å². The summed E-state index contributed by atoms with van der Waals surface area (Å²) in [4.78, 5) is 25.8. The number of hydrogen-bond donors (Lipinski definition) is 1. The zero-order valence-electron chi connectivity index (χ0n) is 10.1. The molecule has 0 saturated heterocycles. The first-order chi connectivity index (χ1) is 9.08. The second-order valence-electron chi connectivity index (χ2n) is 3.87. The molecule has 19 heavy (non-hydrogen) atoms. The summed E-state index contributed by atoms with van der Waals surface area (Å²) in [7, 11) is 0. The number of thiophene rings is 1. The number of thioether (sulfide) groups is 1. The minimum absolute atomic E-state index is 0.00986. The molecule has 0 aliphatic rings. The van der Waals surface area contributed by atoms with Gasteiger partial charge in [-0.2, -0.15) is 16.3 Å². The highest BCUT2D eigenvalue weighted by Gasteiger charge is 2.13. The average Bonchev–Trinajstić information content (AvgIpc) is 2.89. The fraction of sp³-hybridized carbons (Fsp3) is 0.250. The van der Waals surface area contributed by atoms with Crippen molar-refractivity contribution in [2.75, 3.05) is 5.75 Å². The second kappa shape index (κ2) is 6.03. The van der Waals surface area contributed by atoms with E-state index in [1.807, 2.05) is 28.3 Å². The molecular formula is C12H12N2O3S2. The van der Waals surface area contributed by atoms with Gasteiger partial charge in [-0.1, -0.05) is 11.8 Å². The van der Waals surface area contributed by atoms with Gasteiger partial charge in [0.15, 0.2) is 5.16 Å². The van der Waals surface area contributed by atoms with Gasteiger partial charge in [0.25, 0.3) is 5.56 Å². The van der Waals surface area contributed by atoms with E-state index in [1.54, 1.807) is 17.5 Å². The Balaban J connectivity index is 2.33. The van der Waals surface area contributed by atoms with Crippen LogP contribution in [0.1, 0.15) is 18.5 Å². The topological polar surface area (TPSA) is 72.2 Å². The standard InChI is InChI=1S/C12H12N2O3S2/c1-8(9-3-5-18-6-9)14-4-2-10(15)13-12(14)19-7-11(16)17/h2-6,8H,7H2,1H3,(H,16,17). The summed E-state index contributed by atoms with van der Waals surface area (Å²) in [5.41, 5.74) is 0.745. The minimum Gasteiger partial charge on any atom is -0.481 e. The number of hydrogen-bond acceptors (Lipinski definition) is 5. The maximum Gasteiger partial charge on any atom is 0.313 e. The molecule has 100 valence electrons. The highest BCUT2D eigenvalue weighted by molar-refractivity contribution is 7.99. The van der Waals surface area contributed by atoms with Crippen molar-refractivity contribution in [1.29, 1.82) is 0 Å². The molecule has 0 amide bonds. The van der Waals surface area contributed by atoms with Crippen LogP contribution in [0.25, 0.3) is 0 Å². The van der Waals surface area contributed by atoms with E-state index in [0.29, 0.717) is 5.16 Å². The average molecular weight is 296 g/mol. The number of carboxylic acids is 1. The maximum absolute atomic E-state index is 11.3. The molecule has 0 spiro atoms. The third kappa shape index (κ3) is 3.45. The van der Waals surface area contributed by atoms with E-state index in [9.17, 15) is 9.59 Å². The van der Waals surface area contributed by atoms with Gasteiger partial charge in [-0.3, -0.25) is 9.59 Å². The summed E-state index contributed by atoms with van der Waals surface area (Å²) in [6.45, 7) is 1.99. The lowest BCUT2D eigenvalue weighted by Gasteiger charge is -2.17. The molecule has 2 heterocycles. The Kier molecular flexibility index (Phi) is 4.39. The number of carboxylic acid groups (broad SMARTS) is 1. The van der Waals surface area contributed by atoms with Gasteiger partial charge in [-0.25, -0.2) is 0 Å². The highest BCUT2D eigenvalue weighted by Crippen LogP contribution is 2.24. The van der Waals surface area contributed by atoms with Crippen molar-refractivity contribution >= 4 is 29.1 Å². The number of carbonyl (C=O) groups is 1. The zero-order chi connectivity index (χ0) is 13.8. The van der Waals surface area contributed by atoms with Crippen molar-refractivity contribution in [1.82, 2.24) is 9.55 Å². The van der Waals surface area contributed by atoms with E-state index >= 15 is 0 Å².